The topological polar surface area (TPSA) is 78.4 Å². The largest absolute Gasteiger partial charge is 0.396 e. The molecule has 110 valence electrons. The molecule has 1 rings (SSSR count). The molecule has 0 bridgehead atoms. The standard InChI is InChI=1S/C15H22N2O3/c1-12-5-7-13(8-6-12)15(20)17-11-14(19)16-9-3-2-4-10-18/h5-8,18H,2-4,9-11H2,1H3,(H,16,19)(H,17,20). The van der Waals surface area contributed by atoms with Crippen LogP contribution in [-0.4, -0.2) is 36.6 Å². The van der Waals surface area contributed by atoms with Crippen molar-refractivity contribution in [1.29, 1.82) is 0 Å². The van der Waals surface area contributed by atoms with Crippen LogP contribution in [0, 0.1) is 6.92 Å². The van der Waals surface area contributed by atoms with E-state index in [0.29, 0.717) is 12.1 Å². The SMILES string of the molecule is Cc1ccc(C(=O)NCC(=O)NCCCCCO)cc1. The van der Waals surface area contributed by atoms with Gasteiger partial charge in [-0.25, -0.2) is 0 Å². The summed E-state index contributed by atoms with van der Waals surface area (Å²) < 4.78 is 0. The quantitative estimate of drug-likeness (QED) is 0.621. The van der Waals surface area contributed by atoms with Crippen molar-refractivity contribution in [3.8, 4) is 0 Å². The number of unbranched alkanes of at least 4 members (excludes halogenated alkanes) is 2. The summed E-state index contributed by atoms with van der Waals surface area (Å²) in [7, 11) is 0. The maximum atomic E-state index is 11.8. The highest BCUT2D eigenvalue weighted by Gasteiger charge is 2.07. The number of aliphatic hydroxyl groups is 1. The molecular formula is C15H22N2O3. The summed E-state index contributed by atoms with van der Waals surface area (Å²) in [5.74, 6) is -0.449. The first-order valence-corrected chi connectivity index (χ1v) is 6.86. The van der Waals surface area contributed by atoms with E-state index in [-0.39, 0.29) is 25.0 Å². The van der Waals surface area contributed by atoms with Gasteiger partial charge in [0.2, 0.25) is 5.91 Å². The van der Waals surface area contributed by atoms with Crippen LogP contribution in [0.15, 0.2) is 24.3 Å². The summed E-state index contributed by atoms with van der Waals surface area (Å²) in [6, 6.07) is 7.18. The number of aliphatic hydroxyl groups excluding tert-OH is 1. The van der Waals surface area contributed by atoms with Crippen LogP contribution in [0.25, 0.3) is 0 Å². The Hall–Kier alpha value is -1.88. The predicted molar refractivity (Wildman–Crippen MR) is 77.5 cm³/mol. The highest BCUT2D eigenvalue weighted by Crippen LogP contribution is 2.02. The Morgan fingerprint density at radius 2 is 1.75 bits per heavy atom. The van der Waals surface area contributed by atoms with Crippen molar-refractivity contribution in [2.75, 3.05) is 19.7 Å². The number of nitrogens with one attached hydrogen (secondary N) is 2. The third kappa shape index (κ3) is 6.33. The van der Waals surface area contributed by atoms with Gasteiger partial charge in [0.1, 0.15) is 0 Å². The van der Waals surface area contributed by atoms with E-state index in [0.717, 1.165) is 24.8 Å². The molecule has 0 aliphatic carbocycles. The fourth-order valence-electron chi connectivity index (χ4n) is 1.67. The lowest BCUT2D eigenvalue weighted by Crippen LogP contribution is -2.37. The van der Waals surface area contributed by atoms with Gasteiger partial charge in [0, 0.05) is 18.7 Å². The molecule has 3 N–H and O–H groups in total. The zero-order valence-corrected chi connectivity index (χ0v) is 11.8. The lowest BCUT2D eigenvalue weighted by molar-refractivity contribution is -0.120. The average molecular weight is 278 g/mol. The van der Waals surface area contributed by atoms with E-state index in [1.54, 1.807) is 12.1 Å². The zero-order chi connectivity index (χ0) is 14.8. The Bertz CT molecular complexity index is 429. The zero-order valence-electron chi connectivity index (χ0n) is 11.8. The molecule has 0 aliphatic rings. The van der Waals surface area contributed by atoms with Crippen molar-refractivity contribution in [3.05, 3.63) is 35.4 Å². The molecule has 0 aliphatic heterocycles. The second-order valence-electron chi connectivity index (χ2n) is 4.68. The van der Waals surface area contributed by atoms with Crippen molar-refractivity contribution >= 4 is 11.8 Å². The van der Waals surface area contributed by atoms with E-state index in [1.165, 1.54) is 0 Å². The van der Waals surface area contributed by atoms with E-state index >= 15 is 0 Å². The highest BCUT2D eigenvalue weighted by atomic mass is 16.3. The van der Waals surface area contributed by atoms with Crippen LogP contribution in [0.3, 0.4) is 0 Å². The van der Waals surface area contributed by atoms with Gasteiger partial charge in [-0.3, -0.25) is 9.59 Å². The number of carbonyl (C=O) groups is 2. The molecular weight excluding hydrogens is 256 g/mol. The summed E-state index contributed by atoms with van der Waals surface area (Å²) in [5.41, 5.74) is 1.63. The van der Waals surface area contributed by atoms with E-state index in [2.05, 4.69) is 10.6 Å². The summed E-state index contributed by atoms with van der Waals surface area (Å²) >= 11 is 0. The Morgan fingerprint density at radius 1 is 1.05 bits per heavy atom. The lowest BCUT2D eigenvalue weighted by atomic mass is 10.1. The summed E-state index contributed by atoms with van der Waals surface area (Å²) in [5, 5.41) is 13.9. The van der Waals surface area contributed by atoms with Crippen LogP contribution in [0.4, 0.5) is 0 Å². The monoisotopic (exact) mass is 278 g/mol. The van der Waals surface area contributed by atoms with Gasteiger partial charge in [0.25, 0.3) is 5.91 Å². The third-order valence-electron chi connectivity index (χ3n) is 2.88. The third-order valence-corrected chi connectivity index (χ3v) is 2.88. The van der Waals surface area contributed by atoms with E-state index in [4.69, 9.17) is 5.11 Å². The van der Waals surface area contributed by atoms with E-state index in [9.17, 15) is 9.59 Å². The number of hydrogen-bond acceptors (Lipinski definition) is 3. The fraction of sp³-hybridized carbons (Fsp3) is 0.467. The number of benzene rings is 1. The molecule has 0 aromatic heterocycles. The van der Waals surface area contributed by atoms with Crippen LogP contribution >= 0.6 is 0 Å². The van der Waals surface area contributed by atoms with Gasteiger partial charge >= 0.3 is 0 Å². The molecule has 2 amide bonds. The fourth-order valence-corrected chi connectivity index (χ4v) is 1.67. The minimum absolute atomic E-state index is 0.0211. The molecule has 0 spiro atoms. The lowest BCUT2D eigenvalue weighted by Gasteiger charge is -2.07. The molecule has 0 fully saturated rings. The van der Waals surface area contributed by atoms with Crippen LogP contribution in [0.1, 0.15) is 35.2 Å². The molecule has 0 saturated carbocycles. The minimum atomic E-state index is -0.250. The maximum Gasteiger partial charge on any atom is 0.251 e. The van der Waals surface area contributed by atoms with Crippen molar-refractivity contribution in [3.63, 3.8) is 0 Å². The molecule has 0 heterocycles. The molecule has 1 aromatic rings. The predicted octanol–water partition coefficient (Wildman–Crippen LogP) is 1.00. The van der Waals surface area contributed by atoms with Gasteiger partial charge in [0.15, 0.2) is 0 Å². The normalized spacial score (nSPS) is 10.1. The van der Waals surface area contributed by atoms with Gasteiger partial charge in [0.05, 0.1) is 6.54 Å². The first-order chi connectivity index (χ1) is 9.63. The molecule has 20 heavy (non-hydrogen) atoms. The Morgan fingerprint density at radius 3 is 2.40 bits per heavy atom. The van der Waals surface area contributed by atoms with E-state index < -0.39 is 0 Å². The van der Waals surface area contributed by atoms with Crippen molar-refractivity contribution < 1.29 is 14.7 Å². The van der Waals surface area contributed by atoms with Gasteiger partial charge < -0.3 is 15.7 Å². The second kappa shape index (κ2) is 9.09. The molecule has 0 radical (unpaired) electrons. The van der Waals surface area contributed by atoms with Crippen molar-refractivity contribution in [2.24, 2.45) is 0 Å². The first-order valence-electron chi connectivity index (χ1n) is 6.86. The van der Waals surface area contributed by atoms with Crippen LogP contribution in [0.2, 0.25) is 0 Å². The molecule has 0 atom stereocenters. The number of rotatable bonds is 8. The second-order valence-corrected chi connectivity index (χ2v) is 4.68. The van der Waals surface area contributed by atoms with Gasteiger partial charge in [-0.15, -0.1) is 0 Å². The Balaban J connectivity index is 2.20. The maximum absolute atomic E-state index is 11.8. The first kappa shape index (κ1) is 16.2. The summed E-state index contributed by atoms with van der Waals surface area (Å²) in [6.07, 6.45) is 2.46. The average Bonchev–Trinajstić information content (AvgIpc) is 2.45. The van der Waals surface area contributed by atoms with Crippen LogP contribution in [0.5, 0.6) is 0 Å². The smallest absolute Gasteiger partial charge is 0.251 e. The Labute approximate surface area is 119 Å². The van der Waals surface area contributed by atoms with Crippen LogP contribution < -0.4 is 10.6 Å². The summed E-state index contributed by atoms with van der Waals surface area (Å²) in [6.45, 7) is 2.68. The van der Waals surface area contributed by atoms with Gasteiger partial charge in [-0.2, -0.15) is 0 Å². The molecule has 1 aromatic carbocycles. The number of aryl methyl sites for hydroxylation is 1. The minimum Gasteiger partial charge on any atom is -0.396 e. The molecule has 5 nitrogen and oxygen atoms in total. The molecule has 0 saturated heterocycles. The highest BCUT2D eigenvalue weighted by molar-refractivity contribution is 5.96. The van der Waals surface area contributed by atoms with Gasteiger partial charge in [-0.1, -0.05) is 17.7 Å². The number of carbonyl (C=O) groups excluding carboxylic acids is 2. The van der Waals surface area contributed by atoms with Crippen molar-refractivity contribution in [2.45, 2.75) is 26.2 Å². The molecule has 5 heteroatoms. The van der Waals surface area contributed by atoms with E-state index in [1.807, 2.05) is 19.1 Å². The molecule has 0 unspecified atom stereocenters. The van der Waals surface area contributed by atoms with Crippen LogP contribution in [-0.2, 0) is 4.79 Å². The summed E-state index contributed by atoms with van der Waals surface area (Å²) in [4.78, 5) is 23.2. The Kier molecular flexibility index (Phi) is 7.35. The number of amides is 2. The van der Waals surface area contributed by atoms with Gasteiger partial charge in [-0.05, 0) is 38.3 Å². The number of hydrogen-bond donors (Lipinski definition) is 3. The van der Waals surface area contributed by atoms with Crippen molar-refractivity contribution in [1.82, 2.24) is 10.6 Å².